The van der Waals surface area contributed by atoms with Gasteiger partial charge in [0.1, 0.15) is 0 Å². The molecule has 0 fully saturated rings. The maximum absolute atomic E-state index is 6.25. The molecule has 2 unspecified atom stereocenters. The van der Waals surface area contributed by atoms with Crippen molar-refractivity contribution in [1.29, 1.82) is 0 Å². The summed E-state index contributed by atoms with van der Waals surface area (Å²) >= 11 is 6.25. The third kappa shape index (κ3) is 1.64. The van der Waals surface area contributed by atoms with Gasteiger partial charge in [-0.05, 0) is 25.6 Å². The second-order valence-corrected chi connectivity index (χ2v) is 5.30. The van der Waals surface area contributed by atoms with Crippen LogP contribution in [0.3, 0.4) is 0 Å². The minimum Gasteiger partial charge on any atom is -0.279 e. The molecule has 92 valence electrons. The quantitative estimate of drug-likeness (QED) is 0.604. The molecule has 3 rings (SSSR count). The molecule has 0 spiro atoms. The van der Waals surface area contributed by atoms with Crippen LogP contribution in [0.5, 0.6) is 0 Å². The Bertz CT molecular complexity index is 535. The van der Waals surface area contributed by atoms with Crippen LogP contribution in [0.1, 0.15) is 24.1 Å². The molecule has 18 heavy (non-hydrogen) atoms. The number of aromatic nitrogens is 1. The zero-order valence-corrected chi connectivity index (χ0v) is 11.2. The van der Waals surface area contributed by atoms with Crippen molar-refractivity contribution in [2.24, 2.45) is 0 Å². The summed E-state index contributed by atoms with van der Waals surface area (Å²) in [6.07, 6.45) is 1.85. The third-order valence-electron chi connectivity index (χ3n) is 3.61. The highest BCUT2D eigenvalue weighted by Gasteiger charge is 2.33. The fourth-order valence-corrected chi connectivity index (χ4v) is 2.74. The Hall–Kier alpha value is -1.38. The smallest absolute Gasteiger partial charge is 0.0827 e. The number of rotatable bonds is 2. The summed E-state index contributed by atoms with van der Waals surface area (Å²) in [6.45, 7) is 2.00. The lowest BCUT2D eigenvalue weighted by molar-refractivity contribution is 0.271. The first-order chi connectivity index (χ1) is 8.70. The summed E-state index contributed by atoms with van der Waals surface area (Å²) in [6, 6.07) is 12.8. The van der Waals surface area contributed by atoms with Gasteiger partial charge in [-0.15, -0.1) is 11.6 Å². The number of hydrogen-bond acceptors (Lipinski definition) is 2. The Balaban J connectivity index is 2.21. The second-order valence-electron chi connectivity index (χ2n) is 4.67. The fourth-order valence-electron chi connectivity index (χ4n) is 2.63. The van der Waals surface area contributed by atoms with E-state index in [4.69, 9.17) is 11.6 Å². The minimum atomic E-state index is -0.0192. The van der Waals surface area contributed by atoms with E-state index in [2.05, 4.69) is 47.3 Å². The van der Waals surface area contributed by atoms with Crippen molar-refractivity contribution in [3.8, 4) is 11.3 Å². The normalized spacial score (nSPS) is 18.6. The van der Waals surface area contributed by atoms with Crippen LogP contribution in [0.4, 0.5) is 0 Å². The predicted molar refractivity (Wildman–Crippen MR) is 74.6 cm³/mol. The molecule has 2 nitrogen and oxygen atoms in total. The Labute approximate surface area is 112 Å². The van der Waals surface area contributed by atoms with E-state index in [9.17, 15) is 0 Å². The minimum absolute atomic E-state index is 0.0192. The molecule has 2 atom stereocenters. The molecule has 1 aromatic heterocycles. The van der Waals surface area contributed by atoms with E-state index in [0.29, 0.717) is 0 Å². The molecule has 0 saturated heterocycles. The van der Waals surface area contributed by atoms with E-state index in [-0.39, 0.29) is 11.5 Å². The molecule has 0 N–H and O–H groups in total. The highest BCUT2D eigenvalue weighted by atomic mass is 35.5. The van der Waals surface area contributed by atoms with Gasteiger partial charge in [-0.25, -0.2) is 0 Å². The lowest BCUT2D eigenvalue weighted by atomic mass is 10.0. The van der Waals surface area contributed by atoms with Crippen molar-refractivity contribution in [2.75, 3.05) is 7.05 Å². The molecule has 0 saturated carbocycles. The summed E-state index contributed by atoms with van der Waals surface area (Å²) in [7, 11) is 2.06. The summed E-state index contributed by atoms with van der Waals surface area (Å²) in [4.78, 5) is 6.70. The summed E-state index contributed by atoms with van der Waals surface area (Å²) in [5, 5.41) is 0. The van der Waals surface area contributed by atoms with E-state index in [1.54, 1.807) is 0 Å². The van der Waals surface area contributed by atoms with Crippen molar-refractivity contribution in [2.45, 2.75) is 18.5 Å². The first kappa shape index (κ1) is 11.7. The Kier molecular flexibility index (Phi) is 2.84. The average molecular weight is 259 g/mol. The predicted octanol–water partition coefficient (Wildman–Crippen LogP) is 3.67. The highest BCUT2D eigenvalue weighted by molar-refractivity contribution is 6.20. The molecule has 3 heteroatoms. The number of benzene rings is 1. The van der Waals surface area contributed by atoms with Gasteiger partial charge in [0.15, 0.2) is 0 Å². The van der Waals surface area contributed by atoms with E-state index in [1.165, 1.54) is 16.7 Å². The van der Waals surface area contributed by atoms with E-state index >= 15 is 0 Å². The molecule has 1 aliphatic carbocycles. The van der Waals surface area contributed by atoms with Crippen molar-refractivity contribution in [3.63, 3.8) is 0 Å². The maximum atomic E-state index is 6.25. The van der Waals surface area contributed by atoms with E-state index in [1.807, 2.05) is 19.2 Å². The number of fused-ring (bicyclic) bond motifs is 3. The van der Waals surface area contributed by atoms with Crippen LogP contribution < -0.4 is 0 Å². The standard InChI is InChI=1S/C15H15ClN2/c1-10(16)18(2)15-12-7-4-3-6-11(12)14-13(15)8-5-9-17-14/h3-10,15H,1-2H3. The van der Waals surface area contributed by atoms with Gasteiger partial charge in [0, 0.05) is 17.3 Å². The van der Waals surface area contributed by atoms with Gasteiger partial charge in [0.2, 0.25) is 0 Å². The van der Waals surface area contributed by atoms with Gasteiger partial charge in [-0.3, -0.25) is 9.88 Å². The van der Waals surface area contributed by atoms with Crippen LogP contribution in [0.15, 0.2) is 42.6 Å². The topological polar surface area (TPSA) is 16.1 Å². The average Bonchev–Trinajstić information content (AvgIpc) is 2.72. The van der Waals surface area contributed by atoms with Crippen LogP contribution in [0.25, 0.3) is 11.3 Å². The molecule has 1 aromatic carbocycles. The van der Waals surface area contributed by atoms with Crippen molar-refractivity contribution in [3.05, 3.63) is 53.7 Å². The van der Waals surface area contributed by atoms with Gasteiger partial charge in [-0.2, -0.15) is 0 Å². The van der Waals surface area contributed by atoms with Crippen LogP contribution >= 0.6 is 11.6 Å². The number of hydrogen-bond donors (Lipinski definition) is 0. The first-order valence-electron chi connectivity index (χ1n) is 6.10. The van der Waals surface area contributed by atoms with Gasteiger partial charge in [-0.1, -0.05) is 30.3 Å². The SMILES string of the molecule is CC(Cl)N(C)C1c2ccccc2-c2ncccc21. The molecule has 0 bridgehead atoms. The molecule has 0 radical (unpaired) electrons. The molecule has 0 amide bonds. The van der Waals surface area contributed by atoms with E-state index in [0.717, 1.165) is 5.69 Å². The van der Waals surface area contributed by atoms with Crippen LogP contribution in [-0.4, -0.2) is 22.4 Å². The maximum Gasteiger partial charge on any atom is 0.0827 e. The van der Waals surface area contributed by atoms with Gasteiger partial charge >= 0.3 is 0 Å². The highest BCUT2D eigenvalue weighted by Crippen LogP contribution is 2.45. The Morgan fingerprint density at radius 3 is 2.67 bits per heavy atom. The first-order valence-corrected chi connectivity index (χ1v) is 6.54. The van der Waals surface area contributed by atoms with Crippen molar-refractivity contribution < 1.29 is 0 Å². The second kappa shape index (κ2) is 4.38. The zero-order valence-electron chi connectivity index (χ0n) is 10.5. The number of alkyl halides is 1. The lowest BCUT2D eigenvalue weighted by Crippen LogP contribution is -2.29. The Morgan fingerprint density at radius 2 is 1.89 bits per heavy atom. The molecule has 0 aliphatic heterocycles. The van der Waals surface area contributed by atoms with Crippen molar-refractivity contribution >= 4 is 11.6 Å². The summed E-state index contributed by atoms with van der Waals surface area (Å²) < 4.78 is 0. The monoisotopic (exact) mass is 258 g/mol. The molecule has 2 aromatic rings. The molecule has 1 heterocycles. The van der Waals surface area contributed by atoms with E-state index < -0.39 is 0 Å². The fraction of sp³-hybridized carbons (Fsp3) is 0.267. The number of pyridine rings is 1. The van der Waals surface area contributed by atoms with Gasteiger partial charge in [0.25, 0.3) is 0 Å². The zero-order chi connectivity index (χ0) is 12.7. The van der Waals surface area contributed by atoms with Gasteiger partial charge < -0.3 is 0 Å². The number of nitrogens with zero attached hydrogens (tertiary/aromatic N) is 2. The number of halogens is 1. The molecule has 1 aliphatic rings. The van der Waals surface area contributed by atoms with Crippen LogP contribution in [-0.2, 0) is 0 Å². The van der Waals surface area contributed by atoms with Crippen LogP contribution in [0, 0.1) is 0 Å². The van der Waals surface area contributed by atoms with Crippen molar-refractivity contribution in [1.82, 2.24) is 9.88 Å². The largest absolute Gasteiger partial charge is 0.279 e. The third-order valence-corrected chi connectivity index (χ3v) is 3.92. The Morgan fingerprint density at radius 1 is 1.17 bits per heavy atom. The van der Waals surface area contributed by atoms with Crippen LogP contribution in [0.2, 0.25) is 0 Å². The molecular formula is C15H15ClN2. The van der Waals surface area contributed by atoms with Gasteiger partial charge in [0.05, 0.1) is 17.2 Å². The summed E-state index contributed by atoms with van der Waals surface area (Å²) in [5.41, 5.74) is 4.83. The lowest BCUT2D eigenvalue weighted by Gasteiger charge is -2.28. The molecular weight excluding hydrogens is 244 g/mol. The summed E-state index contributed by atoms with van der Waals surface area (Å²) in [5.74, 6) is 0.